The molecule has 0 unspecified atom stereocenters. The molecule has 6 nitrogen and oxygen atoms in total. The number of hydrogen-bond acceptors (Lipinski definition) is 3. The van der Waals surface area contributed by atoms with E-state index in [0.717, 1.165) is 29.9 Å². The molecule has 0 bridgehead atoms. The van der Waals surface area contributed by atoms with Crippen LogP contribution in [0.2, 0.25) is 0 Å². The lowest BCUT2D eigenvalue weighted by Gasteiger charge is -2.25. The van der Waals surface area contributed by atoms with Gasteiger partial charge in [0.2, 0.25) is 0 Å². The summed E-state index contributed by atoms with van der Waals surface area (Å²) in [6.45, 7) is 4.67. The van der Waals surface area contributed by atoms with Gasteiger partial charge in [-0.15, -0.1) is 0 Å². The zero-order chi connectivity index (χ0) is 17.1. The Bertz CT molecular complexity index is 695. The Morgan fingerprint density at radius 1 is 1.42 bits per heavy atom. The van der Waals surface area contributed by atoms with Crippen LogP contribution >= 0.6 is 0 Å². The summed E-state index contributed by atoms with van der Waals surface area (Å²) in [5.41, 5.74) is 2.09. The summed E-state index contributed by atoms with van der Waals surface area (Å²) in [5.74, 6) is 0.938. The highest BCUT2D eigenvalue weighted by Crippen LogP contribution is 2.20. The molecule has 0 aliphatic carbocycles. The molecule has 0 saturated carbocycles. The van der Waals surface area contributed by atoms with E-state index in [2.05, 4.69) is 10.3 Å². The van der Waals surface area contributed by atoms with Gasteiger partial charge in [-0.2, -0.15) is 0 Å². The minimum Gasteiger partial charge on any atom is -0.394 e. The van der Waals surface area contributed by atoms with Gasteiger partial charge in [0.25, 0.3) is 0 Å². The van der Waals surface area contributed by atoms with Crippen LogP contribution in [0.25, 0.3) is 5.69 Å². The summed E-state index contributed by atoms with van der Waals surface area (Å²) < 4.78 is 2.02. The number of nitrogens with one attached hydrogen (secondary N) is 1. The second-order valence-corrected chi connectivity index (χ2v) is 6.28. The molecule has 0 spiro atoms. The van der Waals surface area contributed by atoms with E-state index in [1.807, 2.05) is 48.9 Å². The van der Waals surface area contributed by atoms with Gasteiger partial charge in [-0.1, -0.05) is 12.1 Å². The van der Waals surface area contributed by atoms with Gasteiger partial charge in [0.15, 0.2) is 0 Å². The monoisotopic (exact) mass is 328 g/mol. The van der Waals surface area contributed by atoms with Crippen molar-refractivity contribution in [3.63, 3.8) is 0 Å². The molecule has 128 valence electrons. The van der Waals surface area contributed by atoms with Crippen molar-refractivity contribution in [1.82, 2.24) is 19.8 Å². The van der Waals surface area contributed by atoms with Crippen LogP contribution < -0.4 is 5.32 Å². The number of imidazole rings is 1. The van der Waals surface area contributed by atoms with Gasteiger partial charge >= 0.3 is 6.03 Å². The number of likely N-dealkylation sites (tertiary alicyclic amines) is 1. The van der Waals surface area contributed by atoms with Gasteiger partial charge < -0.3 is 19.9 Å². The van der Waals surface area contributed by atoms with E-state index >= 15 is 0 Å². The van der Waals surface area contributed by atoms with Crippen molar-refractivity contribution in [2.45, 2.75) is 38.8 Å². The van der Waals surface area contributed by atoms with Gasteiger partial charge in [0.05, 0.1) is 18.7 Å². The van der Waals surface area contributed by atoms with Crippen molar-refractivity contribution in [3.05, 3.63) is 48.0 Å². The molecule has 0 radical (unpaired) electrons. The van der Waals surface area contributed by atoms with E-state index in [1.165, 1.54) is 0 Å². The molecule has 1 fully saturated rings. The summed E-state index contributed by atoms with van der Waals surface area (Å²) in [6.07, 6.45) is 5.53. The second kappa shape index (κ2) is 7.05. The van der Waals surface area contributed by atoms with Crippen LogP contribution in [-0.2, 0) is 0 Å². The number of benzene rings is 1. The number of aryl methyl sites for hydroxylation is 1. The number of aliphatic hydroxyl groups excluding tert-OH is 1. The molecule has 2 amide bonds. The van der Waals surface area contributed by atoms with Crippen LogP contribution in [0.15, 0.2) is 36.7 Å². The first-order chi connectivity index (χ1) is 11.6. The first kappa shape index (κ1) is 16.5. The van der Waals surface area contributed by atoms with E-state index in [-0.39, 0.29) is 24.7 Å². The summed E-state index contributed by atoms with van der Waals surface area (Å²) in [5, 5.41) is 12.4. The largest absolute Gasteiger partial charge is 0.394 e. The predicted molar refractivity (Wildman–Crippen MR) is 92.1 cm³/mol. The van der Waals surface area contributed by atoms with E-state index in [0.29, 0.717) is 6.54 Å². The average Bonchev–Trinajstić information content (AvgIpc) is 3.23. The molecule has 6 heteroatoms. The van der Waals surface area contributed by atoms with Crippen LogP contribution in [0.5, 0.6) is 0 Å². The highest BCUT2D eigenvalue weighted by Gasteiger charge is 2.28. The number of rotatable bonds is 4. The van der Waals surface area contributed by atoms with E-state index in [9.17, 15) is 9.90 Å². The van der Waals surface area contributed by atoms with Crippen molar-refractivity contribution >= 4 is 6.03 Å². The Hall–Kier alpha value is -2.34. The smallest absolute Gasteiger partial charge is 0.318 e. The van der Waals surface area contributed by atoms with Gasteiger partial charge in [0, 0.05) is 24.6 Å². The van der Waals surface area contributed by atoms with Crippen molar-refractivity contribution in [1.29, 1.82) is 0 Å². The Morgan fingerprint density at radius 2 is 2.17 bits per heavy atom. The zero-order valence-corrected chi connectivity index (χ0v) is 14.1. The van der Waals surface area contributed by atoms with E-state index in [4.69, 9.17) is 0 Å². The molecule has 2 N–H and O–H groups in total. The fourth-order valence-corrected chi connectivity index (χ4v) is 3.22. The standard InChI is InChI=1S/C18H24N4O2/c1-13(20-18(24)22-10-3-4-17(22)12-23)15-5-7-16(8-6-15)21-11-9-19-14(21)2/h5-9,11,13,17,23H,3-4,10,12H2,1-2H3,(H,20,24)/t13-,17-/m0/s1. The molecule has 1 aliphatic rings. The van der Waals surface area contributed by atoms with E-state index in [1.54, 1.807) is 11.1 Å². The molecular formula is C18H24N4O2. The molecule has 2 heterocycles. The molecular weight excluding hydrogens is 304 g/mol. The minimum atomic E-state index is -0.103. The summed E-state index contributed by atoms with van der Waals surface area (Å²) >= 11 is 0. The number of hydrogen-bond donors (Lipinski definition) is 2. The van der Waals surface area contributed by atoms with Gasteiger partial charge in [0.1, 0.15) is 5.82 Å². The molecule has 1 aliphatic heterocycles. The Labute approximate surface area is 142 Å². The molecule has 1 aromatic carbocycles. The number of amides is 2. The highest BCUT2D eigenvalue weighted by atomic mass is 16.3. The molecule has 1 saturated heterocycles. The Kier molecular flexibility index (Phi) is 4.85. The van der Waals surface area contributed by atoms with Crippen molar-refractivity contribution < 1.29 is 9.90 Å². The third-order valence-corrected chi connectivity index (χ3v) is 4.69. The lowest BCUT2D eigenvalue weighted by molar-refractivity contribution is 0.155. The van der Waals surface area contributed by atoms with Crippen LogP contribution in [-0.4, -0.2) is 44.8 Å². The summed E-state index contributed by atoms with van der Waals surface area (Å²) in [4.78, 5) is 18.4. The lowest BCUT2D eigenvalue weighted by atomic mass is 10.1. The van der Waals surface area contributed by atoms with Gasteiger partial charge in [-0.3, -0.25) is 0 Å². The molecule has 2 atom stereocenters. The maximum atomic E-state index is 12.4. The SMILES string of the molecule is Cc1nccn1-c1ccc([C@H](C)NC(=O)N2CCC[C@H]2CO)cc1. The Balaban J connectivity index is 1.66. The minimum absolute atomic E-state index is 0.0285. The highest BCUT2D eigenvalue weighted by molar-refractivity contribution is 5.75. The normalized spacial score (nSPS) is 18.6. The molecule has 3 rings (SSSR count). The Morgan fingerprint density at radius 3 is 2.79 bits per heavy atom. The van der Waals surface area contributed by atoms with Crippen molar-refractivity contribution in [3.8, 4) is 5.69 Å². The van der Waals surface area contributed by atoms with Crippen LogP contribution in [0.4, 0.5) is 4.79 Å². The fourth-order valence-electron chi connectivity index (χ4n) is 3.22. The molecule has 1 aromatic heterocycles. The topological polar surface area (TPSA) is 70.4 Å². The van der Waals surface area contributed by atoms with Crippen LogP contribution in [0, 0.1) is 6.92 Å². The maximum Gasteiger partial charge on any atom is 0.318 e. The summed E-state index contributed by atoms with van der Waals surface area (Å²) in [7, 11) is 0. The van der Waals surface area contributed by atoms with Crippen LogP contribution in [0.3, 0.4) is 0 Å². The summed E-state index contributed by atoms with van der Waals surface area (Å²) in [6, 6.07) is 7.85. The lowest BCUT2D eigenvalue weighted by Crippen LogP contribution is -2.44. The van der Waals surface area contributed by atoms with Gasteiger partial charge in [-0.25, -0.2) is 9.78 Å². The van der Waals surface area contributed by atoms with Gasteiger partial charge in [-0.05, 0) is 44.4 Å². The number of aliphatic hydroxyl groups is 1. The second-order valence-electron chi connectivity index (χ2n) is 6.28. The van der Waals surface area contributed by atoms with Crippen molar-refractivity contribution in [2.75, 3.05) is 13.2 Å². The van der Waals surface area contributed by atoms with E-state index < -0.39 is 0 Å². The molecule has 2 aromatic rings. The number of nitrogens with zero attached hydrogens (tertiary/aromatic N) is 3. The fraction of sp³-hybridized carbons (Fsp3) is 0.444. The predicted octanol–water partition coefficient (Wildman–Crippen LogP) is 2.41. The number of carbonyl (C=O) groups excluding carboxylic acids is 1. The quantitative estimate of drug-likeness (QED) is 0.905. The maximum absolute atomic E-state index is 12.4. The molecule has 24 heavy (non-hydrogen) atoms. The number of carbonyl (C=O) groups is 1. The first-order valence-electron chi connectivity index (χ1n) is 8.38. The first-order valence-corrected chi connectivity index (χ1v) is 8.38. The number of aromatic nitrogens is 2. The van der Waals surface area contributed by atoms with Crippen molar-refractivity contribution in [2.24, 2.45) is 0 Å². The zero-order valence-electron chi connectivity index (χ0n) is 14.1. The van der Waals surface area contributed by atoms with Crippen LogP contribution in [0.1, 0.15) is 37.2 Å². The average molecular weight is 328 g/mol. The number of urea groups is 1. The third-order valence-electron chi connectivity index (χ3n) is 4.69. The third kappa shape index (κ3) is 3.28.